The number of piperidine rings is 1. The van der Waals surface area contributed by atoms with E-state index in [1.807, 2.05) is 18.7 Å². The van der Waals surface area contributed by atoms with Gasteiger partial charge < -0.3 is 39.1 Å². The number of carbonyl (C=O) groups excluding carboxylic acids is 3. The summed E-state index contributed by atoms with van der Waals surface area (Å²) >= 11 is 0. The number of primary amides is 1. The van der Waals surface area contributed by atoms with Crippen LogP contribution in [0.3, 0.4) is 0 Å². The Morgan fingerprint density at radius 2 is 1.87 bits per heavy atom. The number of methoxy groups -OCH3 is 1. The fraction of sp³-hybridized carbons (Fsp3) is 0.553. The first-order valence-electron chi connectivity index (χ1n) is 18.0. The van der Waals surface area contributed by atoms with Gasteiger partial charge >= 0.3 is 12.1 Å². The molecule has 5 rings (SSSR count). The molecule has 0 bridgehead atoms. The number of anilines is 3. The molecule has 2 atom stereocenters. The number of aromatic nitrogens is 2. The quantitative estimate of drug-likeness (QED) is 0.137. The normalized spacial score (nSPS) is 17.3. The molecule has 0 saturated carbocycles. The minimum absolute atomic E-state index is 0.0430. The van der Waals surface area contributed by atoms with Crippen molar-refractivity contribution in [2.24, 2.45) is 11.7 Å². The molecule has 282 valence electrons. The van der Waals surface area contributed by atoms with Gasteiger partial charge in [-0.15, -0.1) is 0 Å². The molecule has 1 aromatic heterocycles. The fourth-order valence-corrected chi connectivity index (χ4v) is 6.81. The van der Waals surface area contributed by atoms with Gasteiger partial charge in [0.25, 0.3) is 0 Å². The highest BCUT2D eigenvalue weighted by atomic mass is 19.1. The van der Waals surface area contributed by atoms with Crippen LogP contribution in [0.5, 0.6) is 11.5 Å². The van der Waals surface area contributed by atoms with Gasteiger partial charge in [-0.05, 0) is 95.0 Å². The molecule has 0 radical (unpaired) electrons. The van der Waals surface area contributed by atoms with Crippen LogP contribution in [0, 0.1) is 11.7 Å². The van der Waals surface area contributed by atoms with Gasteiger partial charge in [0, 0.05) is 42.9 Å². The maximum absolute atomic E-state index is 16.2. The number of amides is 2. The van der Waals surface area contributed by atoms with Crippen LogP contribution in [0.4, 0.5) is 26.6 Å². The molecule has 13 nitrogen and oxygen atoms in total. The minimum atomic E-state index is -1.16. The lowest BCUT2D eigenvalue weighted by atomic mass is 9.90. The van der Waals surface area contributed by atoms with Crippen LogP contribution in [0.25, 0.3) is 0 Å². The first-order valence-corrected chi connectivity index (χ1v) is 18.0. The lowest BCUT2D eigenvalue weighted by Crippen LogP contribution is -2.40. The summed E-state index contributed by atoms with van der Waals surface area (Å²) in [7, 11) is 1.47. The van der Waals surface area contributed by atoms with Gasteiger partial charge in [0.1, 0.15) is 35.2 Å². The van der Waals surface area contributed by atoms with E-state index in [1.54, 1.807) is 45.0 Å². The van der Waals surface area contributed by atoms with E-state index in [9.17, 15) is 14.4 Å². The second-order valence-electron chi connectivity index (χ2n) is 14.8. The number of carbonyl (C=O) groups is 3. The van der Waals surface area contributed by atoms with Crippen molar-refractivity contribution in [2.45, 2.75) is 96.6 Å². The average Bonchev–Trinajstić information content (AvgIpc) is 3.79. The highest BCUT2D eigenvalue weighted by molar-refractivity contribution is 5.89. The molecule has 2 amide bonds. The number of nitrogens with one attached hydrogen (secondary N) is 1. The molecule has 52 heavy (non-hydrogen) atoms. The Morgan fingerprint density at radius 3 is 2.50 bits per heavy atom. The molecule has 3 N–H and O–H groups in total. The molecule has 2 saturated heterocycles. The number of hydrogen-bond donors (Lipinski definition) is 2. The number of rotatable bonds is 14. The molecule has 14 heteroatoms. The number of hydrogen-bond acceptors (Lipinski definition) is 11. The monoisotopic (exact) mass is 722 g/mol. The maximum Gasteiger partial charge on any atom is 0.412 e. The Hall–Kier alpha value is -4.88. The van der Waals surface area contributed by atoms with E-state index in [0.29, 0.717) is 67.0 Å². The highest BCUT2D eigenvalue weighted by Crippen LogP contribution is 2.41. The van der Waals surface area contributed by atoms with E-state index >= 15 is 4.39 Å². The predicted molar refractivity (Wildman–Crippen MR) is 195 cm³/mol. The molecule has 0 spiro atoms. The van der Waals surface area contributed by atoms with E-state index in [2.05, 4.69) is 20.4 Å². The number of ether oxygens (including phenoxy) is 3. The summed E-state index contributed by atoms with van der Waals surface area (Å²) in [6.45, 7) is 11.8. The molecule has 2 unspecified atom stereocenters. The van der Waals surface area contributed by atoms with Crippen LogP contribution < -0.4 is 30.3 Å². The third-order valence-electron chi connectivity index (χ3n) is 9.52. The molecular formula is C38H51FN6O7. The minimum Gasteiger partial charge on any atom is -0.497 e. The molecule has 3 heterocycles. The van der Waals surface area contributed by atoms with E-state index in [0.717, 1.165) is 38.8 Å². The van der Waals surface area contributed by atoms with E-state index in [4.69, 9.17) is 24.5 Å². The Kier molecular flexibility index (Phi) is 12.3. The summed E-state index contributed by atoms with van der Waals surface area (Å²) in [4.78, 5) is 46.5. The molecule has 3 aromatic rings. The first kappa shape index (κ1) is 38.4. The third-order valence-corrected chi connectivity index (χ3v) is 9.52. The van der Waals surface area contributed by atoms with Gasteiger partial charge in [0.15, 0.2) is 5.82 Å². The Labute approximate surface area is 304 Å². The van der Waals surface area contributed by atoms with Crippen molar-refractivity contribution in [1.29, 1.82) is 0 Å². The van der Waals surface area contributed by atoms with Crippen molar-refractivity contribution < 1.29 is 37.5 Å². The number of nitrogens with two attached hydrogens (primary N) is 1. The van der Waals surface area contributed by atoms with E-state index in [1.165, 1.54) is 13.2 Å². The summed E-state index contributed by atoms with van der Waals surface area (Å²) in [5, 5.41) is 6.77. The lowest BCUT2D eigenvalue weighted by molar-refractivity contribution is -0.119. The third kappa shape index (κ3) is 9.31. The molecule has 2 aliphatic heterocycles. The molecule has 2 fully saturated rings. The second-order valence-corrected chi connectivity index (χ2v) is 14.8. The zero-order chi connectivity index (χ0) is 37.6. The Balaban J connectivity index is 1.34. The van der Waals surface area contributed by atoms with Crippen LogP contribution in [-0.2, 0) is 14.3 Å². The number of aldehydes is 1. The topological polar surface area (TPSA) is 162 Å². The molecule has 2 aliphatic rings. The largest absolute Gasteiger partial charge is 0.497 e. The van der Waals surface area contributed by atoms with Crippen LogP contribution in [-0.4, -0.2) is 73.4 Å². The van der Waals surface area contributed by atoms with E-state index in [-0.39, 0.29) is 22.9 Å². The van der Waals surface area contributed by atoms with E-state index < -0.39 is 35.4 Å². The van der Waals surface area contributed by atoms with Crippen LogP contribution in [0.1, 0.15) is 102 Å². The average molecular weight is 723 g/mol. The summed E-state index contributed by atoms with van der Waals surface area (Å²) in [5.74, 6) is -0.254. The number of halogens is 1. The van der Waals surface area contributed by atoms with Gasteiger partial charge in [-0.3, -0.25) is 10.1 Å². The Morgan fingerprint density at radius 1 is 1.12 bits per heavy atom. The zero-order valence-corrected chi connectivity index (χ0v) is 30.9. The van der Waals surface area contributed by atoms with Crippen molar-refractivity contribution in [3.05, 3.63) is 53.1 Å². The van der Waals surface area contributed by atoms with Gasteiger partial charge in [-0.1, -0.05) is 19.0 Å². The molecule has 0 aliphatic carbocycles. The zero-order valence-electron chi connectivity index (χ0n) is 30.9. The maximum atomic E-state index is 16.2. The van der Waals surface area contributed by atoms with Crippen LogP contribution >= 0.6 is 0 Å². The van der Waals surface area contributed by atoms with Crippen LogP contribution in [0.2, 0.25) is 0 Å². The SMILES string of the molecule is COc1ccc(NC(=O)OC(C)(C)C)c(C(C=O)c2cc(N3CCCC3C(N)=O)c(OCCCC3CCN(c4nc(C(C)C)no4)CC3)cc2F)c1. The molecule has 2 aromatic carbocycles. The van der Waals surface area contributed by atoms with Gasteiger partial charge in [0.2, 0.25) is 5.91 Å². The number of benzene rings is 2. The Bertz CT molecular complexity index is 1720. The summed E-state index contributed by atoms with van der Waals surface area (Å²) in [6.07, 6.45) is 4.75. The van der Waals surface area contributed by atoms with Crippen molar-refractivity contribution in [3.8, 4) is 11.5 Å². The number of nitrogens with zero attached hydrogens (tertiary/aromatic N) is 4. The van der Waals surface area contributed by atoms with Gasteiger partial charge in [-0.25, -0.2) is 9.18 Å². The van der Waals surface area contributed by atoms with Gasteiger partial charge in [0.05, 0.1) is 25.3 Å². The van der Waals surface area contributed by atoms with Crippen molar-refractivity contribution in [3.63, 3.8) is 0 Å². The first-order chi connectivity index (χ1) is 24.8. The lowest BCUT2D eigenvalue weighted by Gasteiger charge is -2.30. The van der Waals surface area contributed by atoms with Crippen molar-refractivity contribution in [1.82, 2.24) is 10.1 Å². The highest BCUT2D eigenvalue weighted by Gasteiger charge is 2.33. The van der Waals surface area contributed by atoms with Crippen molar-refractivity contribution in [2.75, 3.05) is 48.5 Å². The van der Waals surface area contributed by atoms with Crippen molar-refractivity contribution >= 4 is 35.7 Å². The van der Waals surface area contributed by atoms with Gasteiger partial charge in [-0.2, -0.15) is 4.98 Å². The predicted octanol–water partition coefficient (Wildman–Crippen LogP) is 6.55. The fourth-order valence-electron chi connectivity index (χ4n) is 6.81. The summed E-state index contributed by atoms with van der Waals surface area (Å²) < 4.78 is 38.7. The molecular weight excluding hydrogens is 671 g/mol. The summed E-state index contributed by atoms with van der Waals surface area (Å²) in [5.41, 5.74) is 6.10. The second kappa shape index (κ2) is 16.6. The standard InChI is InChI=1S/C38H51FN6O7/c1-23(2)35-42-36(52-43-35)44-16-13-24(14-17-44)9-8-18-50-33-21-29(39)26(20-32(33)45-15-7-10-31(45)34(40)47)28(22-46)27-19-25(49-6)11-12-30(27)41-37(48)51-38(3,4)5/h11-12,19-24,28,31H,7-10,13-18H2,1-6H3,(H2,40,47)(H,41,48). The smallest absolute Gasteiger partial charge is 0.412 e. The summed E-state index contributed by atoms with van der Waals surface area (Å²) in [6, 6.07) is 7.55. The van der Waals surface area contributed by atoms with Crippen LogP contribution in [0.15, 0.2) is 34.9 Å².